The van der Waals surface area contributed by atoms with Crippen LogP contribution in [-0.2, 0) is 4.79 Å². The molecule has 21 heavy (non-hydrogen) atoms. The molecular weight excluding hydrogens is 264 g/mol. The molecule has 106 valence electrons. The molecule has 0 bridgehead atoms. The third-order valence-electron chi connectivity index (χ3n) is 2.88. The monoisotopic (exact) mass is 280 g/mol. The van der Waals surface area contributed by atoms with Gasteiger partial charge in [0, 0.05) is 11.1 Å². The molecule has 0 fully saturated rings. The number of rotatable bonds is 4. The molecule has 0 aromatic heterocycles. The normalized spacial score (nSPS) is 11.0. The number of nitrogens with one attached hydrogen (secondary N) is 1. The van der Waals surface area contributed by atoms with E-state index in [-0.39, 0.29) is 5.84 Å². The Morgan fingerprint density at radius 2 is 1.71 bits per heavy atom. The van der Waals surface area contributed by atoms with Crippen molar-refractivity contribution in [3.63, 3.8) is 0 Å². The first kappa shape index (κ1) is 14.5. The number of hydrogen-bond acceptors (Lipinski definition) is 3. The van der Waals surface area contributed by atoms with Crippen LogP contribution in [0.25, 0.3) is 6.08 Å². The maximum absolute atomic E-state index is 12.0. The summed E-state index contributed by atoms with van der Waals surface area (Å²) in [7, 11) is 0. The molecule has 4 nitrogen and oxygen atoms in total. The molecule has 0 saturated heterocycles. The zero-order chi connectivity index (χ0) is 15.2. The number of nitrogens with two attached hydrogens (primary N) is 1. The minimum atomic E-state index is -0.408. The van der Waals surface area contributed by atoms with Crippen molar-refractivity contribution in [1.29, 1.82) is 5.41 Å². The Kier molecular flexibility index (Phi) is 4.51. The van der Waals surface area contributed by atoms with Gasteiger partial charge >= 0.3 is 5.97 Å². The molecule has 0 unspecified atom stereocenters. The first-order valence-electron chi connectivity index (χ1n) is 6.46. The second-order valence-corrected chi connectivity index (χ2v) is 4.57. The molecule has 0 aliphatic rings. The van der Waals surface area contributed by atoms with E-state index in [9.17, 15) is 4.79 Å². The van der Waals surface area contributed by atoms with Gasteiger partial charge in [-0.25, -0.2) is 4.79 Å². The van der Waals surface area contributed by atoms with Crippen molar-refractivity contribution in [2.24, 2.45) is 5.73 Å². The number of carbonyl (C=O) groups excluding carboxylic acids is 1. The van der Waals surface area contributed by atoms with Crippen LogP contribution in [0.3, 0.4) is 0 Å². The number of benzene rings is 2. The molecule has 2 aromatic carbocycles. The van der Waals surface area contributed by atoms with Crippen LogP contribution in [0.5, 0.6) is 5.75 Å². The molecule has 0 saturated carbocycles. The summed E-state index contributed by atoms with van der Waals surface area (Å²) in [5.74, 6) is -0.00623. The molecule has 0 heterocycles. The van der Waals surface area contributed by atoms with Crippen molar-refractivity contribution in [1.82, 2.24) is 0 Å². The lowest BCUT2D eigenvalue weighted by atomic mass is 10.1. The minimum absolute atomic E-state index is 0.0203. The van der Waals surface area contributed by atoms with Gasteiger partial charge in [0.15, 0.2) is 0 Å². The summed E-state index contributed by atoms with van der Waals surface area (Å²) in [5, 5.41) is 7.30. The van der Waals surface area contributed by atoms with Gasteiger partial charge in [-0.2, -0.15) is 0 Å². The smallest absolute Gasteiger partial charge is 0.339 e. The Morgan fingerprint density at radius 1 is 1.10 bits per heavy atom. The van der Waals surface area contributed by atoms with E-state index in [4.69, 9.17) is 15.9 Å². The zero-order valence-electron chi connectivity index (χ0n) is 11.7. The second-order valence-electron chi connectivity index (χ2n) is 4.57. The lowest BCUT2D eigenvalue weighted by Gasteiger charge is -2.05. The van der Waals surface area contributed by atoms with E-state index in [0.717, 1.165) is 5.56 Å². The first-order valence-corrected chi connectivity index (χ1v) is 6.46. The Morgan fingerprint density at radius 3 is 2.29 bits per heavy atom. The number of ether oxygens (including phenoxy) is 1. The van der Waals surface area contributed by atoms with Crippen LogP contribution in [0.1, 0.15) is 18.1 Å². The fraction of sp³-hybridized carbons (Fsp3) is 0.0588. The van der Waals surface area contributed by atoms with Crippen molar-refractivity contribution < 1.29 is 9.53 Å². The average molecular weight is 280 g/mol. The summed E-state index contributed by atoms with van der Waals surface area (Å²) >= 11 is 0. The van der Waals surface area contributed by atoms with E-state index in [1.807, 2.05) is 30.3 Å². The van der Waals surface area contributed by atoms with Crippen LogP contribution >= 0.6 is 0 Å². The Bertz CT molecular complexity index is 674. The Hall–Kier alpha value is -2.88. The molecule has 3 N–H and O–H groups in total. The highest BCUT2D eigenvalue weighted by Gasteiger charge is 2.08. The third-order valence-corrected chi connectivity index (χ3v) is 2.88. The molecule has 0 aliphatic heterocycles. The number of nitrogen functional groups attached to an aromatic ring is 1. The van der Waals surface area contributed by atoms with E-state index in [2.05, 4.69) is 0 Å². The number of amidine groups is 1. The molecule has 0 radical (unpaired) electrons. The number of hydrogen-bond donors (Lipinski definition) is 2. The van der Waals surface area contributed by atoms with Gasteiger partial charge in [-0.3, -0.25) is 5.41 Å². The summed E-state index contributed by atoms with van der Waals surface area (Å²) < 4.78 is 5.26. The molecule has 2 rings (SSSR count). The predicted octanol–water partition coefficient (Wildman–Crippen LogP) is 2.98. The summed E-state index contributed by atoms with van der Waals surface area (Å²) in [4.78, 5) is 12.0. The van der Waals surface area contributed by atoms with Crippen molar-refractivity contribution >= 4 is 17.9 Å². The van der Waals surface area contributed by atoms with Gasteiger partial charge in [0.2, 0.25) is 0 Å². The van der Waals surface area contributed by atoms with Crippen LogP contribution in [0, 0.1) is 5.41 Å². The van der Waals surface area contributed by atoms with Crippen molar-refractivity contribution in [2.75, 3.05) is 0 Å². The third kappa shape index (κ3) is 4.04. The van der Waals surface area contributed by atoms with Crippen LogP contribution in [0.2, 0.25) is 0 Å². The van der Waals surface area contributed by atoms with Gasteiger partial charge in [-0.05, 0) is 42.8 Å². The van der Waals surface area contributed by atoms with Crippen molar-refractivity contribution in [3.05, 3.63) is 71.3 Å². The van der Waals surface area contributed by atoms with Crippen molar-refractivity contribution in [3.8, 4) is 5.75 Å². The summed E-state index contributed by atoms with van der Waals surface area (Å²) in [5.41, 5.74) is 7.41. The maximum atomic E-state index is 12.0. The largest absolute Gasteiger partial charge is 0.423 e. The summed E-state index contributed by atoms with van der Waals surface area (Å²) in [6, 6.07) is 16.1. The van der Waals surface area contributed by atoms with Gasteiger partial charge in [-0.15, -0.1) is 0 Å². The van der Waals surface area contributed by atoms with Crippen LogP contribution in [-0.4, -0.2) is 11.8 Å². The molecule has 0 aliphatic carbocycles. The van der Waals surface area contributed by atoms with E-state index in [0.29, 0.717) is 16.9 Å². The van der Waals surface area contributed by atoms with Crippen LogP contribution in [0.15, 0.2) is 60.2 Å². The fourth-order valence-electron chi connectivity index (χ4n) is 1.75. The standard InChI is InChI=1S/C17H16N2O2/c1-12(11-13-5-3-2-4-6-13)17(20)21-15-9-7-14(8-10-15)16(18)19/h2-11H,1H3,(H3,18,19). The van der Waals surface area contributed by atoms with Crippen LogP contribution < -0.4 is 10.5 Å². The second kappa shape index (κ2) is 6.52. The zero-order valence-corrected chi connectivity index (χ0v) is 11.7. The molecule has 0 spiro atoms. The van der Waals surface area contributed by atoms with Gasteiger partial charge in [0.05, 0.1) is 0 Å². The Balaban J connectivity index is 2.07. The lowest BCUT2D eigenvalue weighted by molar-refractivity contribution is -0.130. The Labute approximate surface area is 123 Å². The molecule has 4 heteroatoms. The van der Waals surface area contributed by atoms with Crippen LogP contribution in [0.4, 0.5) is 0 Å². The highest BCUT2D eigenvalue weighted by molar-refractivity contribution is 5.96. The van der Waals surface area contributed by atoms with Gasteiger partial charge < -0.3 is 10.5 Å². The van der Waals surface area contributed by atoms with E-state index < -0.39 is 5.97 Å². The van der Waals surface area contributed by atoms with Gasteiger partial charge in [0.25, 0.3) is 0 Å². The highest BCUT2D eigenvalue weighted by Crippen LogP contribution is 2.15. The van der Waals surface area contributed by atoms with E-state index >= 15 is 0 Å². The first-order chi connectivity index (χ1) is 10.1. The minimum Gasteiger partial charge on any atom is -0.423 e. The molecule has 0 atom stereocenters. The quantitative estimate of drug-likeness (QED) is 0.297. The van der Waals surface area contributed by atoms with Crippen molar-refractivity contribution in [2.45, 2.75) is 6.92 Å². The lowest BCUT2D eigenvalue weighted by Crippen LogP contribution is -2.12. The number of carbonyl (C=O) groups is 1. The predicted molar refractivity (Wildman–Crippen MR) is 83.2 cm³/mol. The van der Waals surface area contributed by atoms with E-state index in [1.54, 1.807) is 37.3 Å². The summed E-state index contributed by atoms with van der Waals surface area (Å²) in [6.07, 6.45) is 1.77. The van der Waals surface area contributed by atoms with E-state index in [1.165, 1.54) is 0 Å². The molecular formula is C17H16N2O2. The topological polar surface area (TPSA) is 76.2 Å². The average Bonchev–Trinajstić information content (AvgIpc) is 2.48. The highest BCUT2D eigenvalue weighted by atomic mass is 16.5. The van der Waals surface area contributed by atoms with Gasteiger partial charge in [0.1, 0.15) is 11.6 Å². The maximum Gasteiger partial charge on any atom is 0.339 e. The van der Waals surface area contributed by atoms with Gasteiger partial charge in [-0.1, -0.05) is 30.3 Å². The fourth-order valence-corrected chi connectivity index (χ4v) is 1.75. The number of esters is 1. The SMILES string of the molecule is CC(=Cc1ccccc1)C(=O)Oc1ccc(C(=N)N)cc1. The molecule has 2 aromatic rings. The summed E-state index contributed by atoms with van der Waals surface area (Å²) in [6.45, 7) is 1.71. The molecule has 0 amide bonds.